The van der Waals surface area contributed by atoms with E-state index < -0.39 is 0 Å². The Morgan fingerprint density at radius 2 is 2.19 bits per heavy atom. The average molecular weight is 305 g/mol. The number of pyridine rings is 2. The van der Waals surface area contributed by atoms with Gasteiger partial charge in [0.1, 0.15) is 11.2 Å². The van der Waals surface area contributed by atoms with Gasteiger partial charge in [0.25, 0.3) is 5.91 Å². The van der Waals surface area contributed by atoms with E-state index in [0.29, 0.717) is 24.1 Å². The second-order valence-corrected chi connectivity index (χ2v) is 5.72. The molecule has 0 unspecified atom stereocenters. The number of thioether (sulfide) groups is 1. The second-order valence-electron chi connectivity index (χ2n) is 4.73. The number of nitrogens with one attached hydrogen (secondary N) is 1. The first-order valence-corrected chi connectivity index (χ1v) is 8.25. The molecule has 0 spiro atoms. The summed E-state index contributed by atoms with van der Waals surface area (Å²) >= 11 is 1.65. The first kappa shape index (κ1) is 15.6. The minimum atomic E-state index is -0.321. The van der Waals surface area contributed by atoms with Crippen LogP contribution in [0.2, 0.25) is 0 Å². The number of carbonyl (C=O) groups is 1. The standard InChI is InChI=1S/C15H19N3O2S/c1-4-18-9-12(15(20)16-7-8-21-3)13(19)11-6-5-10(2)17-14(11)18/h5-6,9H,4,7-8H2,1-3H3,(H,16,20). The molecule has 0 aromatic carbocycles. The molecule has 5 nitrogen and oxygen atoms in total. The molecule has 0 aliphatic carbocycles. The van der Waals surface area contributed by atoms with Crippen molar-refractivity contribution >= 4 is 28.7 Å². The highest BCUT2D eigenvalue weighted by Gasteiger charge is 2.15. The van der Waals surface area contributed by atoms with E-state index in [1.807, 2.05) is 24.7 Å². The molecule has 2 heterocycles. The van der Waals surface area contributed by atoms with Crippen LogP contribution in [0.3, 0.4) is 0 Å². The number of rotatable bonds is 5. The molecule has 0 bridgehead atoms. The number of fused-ring (bicyclic) bond motifs is 1. The molecule has 0 atom stereocenters. The van der Waals surface area contributed by atoms with Gasteiger partial charge in [-0.05, 0) is 32.2 Å². The summed E-state index contributed by atoms with van der Waals surface area (Å²) in [6.07, 6.45) is 3.58. The Morgan fingerprint density at radius 3 is 2.86 bits per heavy atom. The van der Waals surface area contributed by atoms with Crippen LogP contribution < -0.4 is 10.7 Å². The van der Waals surface area contributed by atoms with E-state index in [0.717, 1.165) is 11.4 Å². The van der Waals surface area contributed by atoms with E-state index in [-0.39, 0.29) is 16.9 Å². The zero-order valence-electron chi connectivity index (χ0n) is 12.5. The SMILES string of the molecule is CCn1cc(C(=O)NCCSC)c(=O)c2ccc(C)nc21. The van der Waals surface area contributed by atoms with Gasteiger partial charge in [0.15, 0.2) is 0 Å². The van der Waals surface area contributed by atoms with Gasteiger partial charge >= 0.3 is 0 Å². The Hall–Kier alpha value is -1.82. The van der Waals surface area contributed by atoms with Crippen molar-refractivity contribution in [3.63, 3.8) is 0 Å². The number of aryl methyl sites for hydroxylation is 2. The fraction of sp³-hybridized carbons (Fsp3) is 0.400. The van der Waals surface area contributed by atoms with Gasteiger partial charge in [-0.2, -0.15) is 11.8 Å². The van der Waals surface area contributed by atoms with E-state index >= 15 is 0 Å². The minimum Gasteiger partial charge on any atom is -0.351 e. The Kier molecular flexibility index (Phi) is 5.01. The highest BCUT2D eigenvalue weighted by molar-refractivity contribution is 7.98. The Balaban J connectivity index is 2.50. The van der Waals surface area contributed by atoms with Crippen LogP contribution in [0, 0.1) is 6.92 Å². The van der Waals surface area contributed by atoms with Crippen molar-refractivity contribution in [2.45, 2.75) is 20.4 Å². The van der Waals surface area contributed by atoms with Crippen molar-refractivity contribution in [3.05, 3.63) is 39.8 Å². The quantitative estimate of drug-likeness (QED) is 0.856. The Morgan fingerprint density at radius 1 is 1.43 bits per heavy atom. The topological polar surface area (TPSA) is 64.0 Å². The smallest absolute Gasteiger partial charge is 0.256 e. The van der Waals surface area contributed by atoms with Gasteiger partial charge in [0.2, 0.25) is 5.43 Å². The zero-order valence-corrected chi connectivity index (χ0v) is 13.3. The van der Waals surface area contributed by atoms with Crippen LogP contribution in [-0.2, 0) is 6.54 Å². The maximum absolute atomic E-state index is 12.5. The molecule has 6 heteroatoms. The highest BCUT2D eigenvalue weighted by Crippen LogP contribution is 2.11. The van der Waals surface area contributed by atoms with Gasteiger partial charge in [-0.15, -0.1) is 0 Å². The summed E-state index contributed by atoms with van der Waals surface area (Å²) in [5, 5.41) is 3.26. The van der Waals surface area contributed by atoms with Gasteiger partial charge in [-0.3, -0.25) is 9.59 Å². The number of hydrogen-bond donors (Lipinski definition) is 1. The summed E-state index contributed by atoms with van der Waals surface area (Å²) in [5.41, 5.74) is 1.39. The van der Waals surface area contributed by atoms with Crippen LogP contribution in [-0.4, -0.2) is 34.0 Å². The van der Waals surface area contributed by atoms with Crippen LogP contribution in [0.1, 0.15) is 23.0 Å². The van der Waals surface area contributed by atoms with Crippen LogP contribution in [0.15, 0.2) is 23.1 Å². The van der Waals surface area contributed by atoms with Crippen LogP contribution >= 0.6 is 11.8 Å². The summed E-state index contributed by atoms with van der Waals surface area (Å²) in [6, 6.07) is 3.53. The second kappa shape index (κ2) is 6.76. The van der Waals surface area contributed by atoms with Crippen molar-refractivity contribution in [3.8, 4) is 0 Å². The lowest BCUT2D eigenvalue weighted by Crippen LogP contribution is -2.31. The van der Waals surface area contributed by atoms with Gasteiger partial charge in [-0.1, -0.05) is 0 Å². The molecule has 1 amide bonds. The molecule has 0 aliphatic rings. The number of hydrogen-bond acceptors (Lipinski definition) is 4. The minimum absolute atomic E-state index is 0.177. The van der Waals surface area contributed by atoms with Gasteiger partial charge < -0.3 is 9.88 Å². The van der Waals surface area contributed by atoms with E-state index in [2.05, 4.69) is 10.3 Å². The van der Waals surface area contributed by atoms with Crippen molar-refractivity contribution < 1.29 is 4.79 Å². The molecule has 0 aliphatic heterocycles. The molecular formula is C15H19N3O2S. The summed E-state index contributed by atoms with van der Waals surface area (Å²) < 4.78 is 1.84. The van der Waals surface area contributed by atoms with Crippen molar-refractivity contribution in [1.82, 2.24) is 14.9 Å². The number of nitrogens with zero attached hydrogens (tertiary/aromatic N) is 2. The lowest BCUT2D eigenvalue weighted by atomic mass is 10.1. The molecule has 2 rings (SSSR count). The van der Waals surface area contributed by atoms with E-state index in [9.17, 15) is 9.59 Å². The lowest BCUT2D eigenvalue weighted by molar-refractivity contribution is 0.0954. The van der Waals surface area contributed by atoms with Crippen molar-refractivity contribution in [2.75, 3.05) is 18.6 Å². The molecule has 1 N–H and O–H groups in total. The summed E-state index contributed by atoms with van der Waals surface area (Å²) in [4.78, 5) is 29.0. The summed E-state index contributed by atoms with van der Waals surface area (Å²) in [6.45, 7) is 5.05. The third kappa shape index (κ3) is 3.26. The molecule has 0 saturated carbocycles. The monoisotopic (exact) mass is 305 g/mol. The average Bonchev–Trinajstić information content (AvgIpc) is 2.47. The first-order chi connectivity index (χ1) is 10.1. The normalized spacial score (nSPS) is 10.8. The molecule has 2 aromatic rings. The fourth-order valence-electron chi connectivity index (χ4n) is 2.12. The van der Waals surface area contributed by atoms with Crippen LogP contribution in [0.5, 0.6) is 0 Å². The summed E-state index contributed by atoms with van der Waals surface area (Å²) in [5.74, 6) is 0.501. The Labute approximate surface area is 127 Å². The van der Waals surface area contributed by atoms with Gasteiger partial charge in [0.05, 0.1) is 5.39 Å². The molecule has 0 saturated heterocycles. The van der Waals surface area contributed by atoms with E-state index in [4.69, 9.17) is 0 Å². The molecule has 112 valence electrons. The van der Waals surface area contributed by atoms with Crippen molar-refractivity contribution in [1.29, 1.82) is 0 Å². The third-order valence-electron chi connectivity index (χ3n) is 3.24. The van der Waals surface area contributed by atoms with E-state index in [1.54, 1.807) is 30.1 Å². The largest absolute Gasteiger partial charge is 0.351 e. The Bertz CT molecular complexity index is 725. The summed E-state index contributed by atoms with van der Waals surface area (Å²) in [7, 11) is 0. The van der Waals surface area contributed by atoms with Crippen molar-refractivity contribution in [2.24, 2.45) is 0 Å². The van der Waals surface area contributed by atoms with Gasteiger partial charge in [-0.25, -0.2) is 4.98 Å². The first-order valence-electron chi connectivity index (χ1n) is 6.86. The number of carbonyl (C=O) groups excluding carboxylic acids is 1. The van der Waals surface area contributed by atoms with E-state index in [1.165, 1.54) is 0 Å². The predicted octanol–water partition coefficient (Wildman–Crippen LogP) is 1.82. The zero-order chi connectivity index (χ0) is 15.4. The lowest BCUT2D eigenvalue weighted by Gasteiger charge is -2.11. The highest BCUT2D eigenvalue weighted by atomic mass is 32.2. The predicted molar refractivity (Wildman–Crippen MR) is 87.1 cm³/mol. The van der Waals surface area contributed by atoms with Crippen LogP contribution in [0.25, 0.3) is 11.0 Å². The molecule has 0 radical (unpaired) electrons. The van der Waals surface area contributed by atoms with Gasteiger partial charge in [0, 0.05) is 30.7 Å². The number of aromatic nitrogens is 2. The maximum Gasteiger partial charge on any atom is 0.256 e. The molecule has 21 heavy (non-hydrogen) atoms. The molecule has 0 fully saturated rings. The number of amides is 1. The van der Waals surface area contributed by atoms with Crippen LogP contribution in [0.4, 0.5) is 0 Å². The maximum atomic E-state index is 12.5. The fourth-order valence-corrected chi connectivity index (χ4v) is 2.43. The molecular weight excluding hydrogens is 286 g/mol. The third-order valence-corrected chi connectivity index (χ3v) is 3.85. The molecule has 2 aromatic heterocycles.